The Kier molecular flexibility index (Phi) is 6.92. The van der Waals surface area contributed by atoms with E-state index in [4.69, 9.17) is 9.47 Å². The molecule has 1 N–H and O–H groups in total. The largest absolute Gasteiger partial charge is 0.449 e. The zero-order valence-corrected chi connectivity index (χ0v) is 15.6. The predicted octanol–water partition coefficient (Wildman–Crippen LogP) is 4.10. The van der Waals surface area contributed by atoms with Gasteiger partial charge >= 0.3 is 5.97 Å². The van der Waals surface area contributed by atoms with Crippen LogP contribution in [0, 0.1) is 6.92 Å². The molecule has 0 aliphatic heterocycles. The minimum Gasteiger partial charge on any atom is -0.449 e. The van der Waals surface area contributed by atoms with Crippen molar-refractivity contribution in [2.24, 2.45) is 0 Å². The fourth-order valence-electron chi connectivity index (χ4n) is 2.25. The van der Waals surface area contributed by atoms with Gasteiger partial charge in [0, 0.05) is 5.69 Å². The van der Waals surface area contributed by atoms with E-state index in [1.165, 1.54) is 0 Å². The third-order valence-corrected chi connectivity index (χ3v) is 3.71. The monoisotopic (exact) mass is 355 g/mol. The maximum atomic E-state index is 12.2. The zero-order valence-electron chi connectivity index (χ0n) is 15.6. The molecule has 2 aromatic carbocycles. The summed E-state index contributed by atoms with van der Waals surface area (Å²) in [5, 5.41) is 2.74. The molecule has 1 amide bonds. The normalized spacial score (nSPS) is 11.9. The van der Waals surface area contributed by atoms with Gasteiger partial charge in [-0.15, -0.1) is 0 Å². The number of rotatable bonds is 7. The lowest BCUT2D eigenvalue weighted by atomic mass is 10.1. The summed E-state index contributed by atoms with van der Waals surface area (Å²) in [4.78, 5) is 24.4. The van der Waals surface area contributed by atoms with E-state index in [0.717, 1.165) is 11.1 Å². The first-order valence-electron chi connectivity index (χ1n) is 8.64. The fraction of sp³-hybridized carbons (Fsp3) is 0.333. The standard InChI is InChI=1S/C21H25NO4/c1-14(2)25-13-17-8-10-18(11-9-17)21(24)26-16(4)20(23)22-19-7-5-6-15(3)12-19/h5-12,14,16H,13H2,1-4H3,(H,22,23)/t16-/m1/s1. The molecule has 2 rings (SSSR count). The van der Waals surface area contributed by atoms with Gasteiger partial charge in [0.2, 0.25) is 0 Å². The second-order valence-corrected chi connectivity index (χ2v) is 6.46. The maximum Gasteiger partial charge on any atom is 0.338 e. The molecule has 0 aliphatic carbocycles. The first kappa shape index (κ1) is 19.7. The summed E-state index contributed by atoms with van der Waals surface area (Å²) >= 11 is 0. The van der Waals surface area contributed by atoms with Gasteiger partial charge in [0.15, 0.2) is 6.10 Å². The van der Waals surface area contributed by atoms with Crippen molar-refractivity contribution in [3.8, 4) is 0 Å². The van der Waals surface area contributed by atoms with Crippen molar-refractivity contribution in [1.82, 2.24) is 0 Å². The maximum absolute atomic E-state index is 12.2. The lowest BCUT2D eigenvalue weighted by Crippen LogP contribution is -2.30. The molecule has 138 valence electrons. The number of amides is 1. The Balaban J connectivity index is 1.90. The third-order valence-electron chi connectivity index (χ3n) is 3.71. The van der Waals surface area contributed by atoms with E-state index in [9.17, 15) is 9.59 Å². The van der Waals surface area contributed by atoms with Crippen molar-refractivity contribution >= 4 is 17.6 Å². The van der Waals surface area contributed by atoms with Crippen LogP contribution in [0.5, 0.6) is 0 Å². The molecule has 5 nitrogen and oxygen atoms in total. The Labute approximate surface area is 154 Å². The second kappa shape index (κ2) is 9.15. The van der Waals surface area contributed by atoms with Crippen molar-refractivity contribution in [3.63, 3.8) is 0 Å². The molecule has 0 aliphatic rings. The fourth-order valence-corrected chi connectivity index (χ4v) is 2.25. The molecule has 1 atom stereocenters. The first-order chi connectivity index (χ1) is 12.3. The smallest absolute Gasteiger partial charge is 0.338 e. The first-order valence-corrected chi connectivity index (χ1v) is 8.64. The van der Waals surface area contributed by atoms with Crippen molar-refractivity contribution in [3.05, 3.63) is 65.2 Å². The molecule has 0 aromatic heterocycles. The van der Waals surface area contributed by atoms with Gasteiger partial charge in [0.1, 0.15) is 0 Å². The average molecular weight is 355 g/mol. The second-order valence-electron chi connectivity index (χ2n) is 6.46. The summed E-state index contributed by atoms with van der Waals surface area (Å²) in [5.41, 5.74) is 3.08. The van der Waals surface area contributed by atoms with Crippen LogP contribution in [0.3, 0.4) is 0 Å². The molecule has 0 spiro atoms. The van der Waals surface area contributed by atoms with Gasteiger partial charge in [0.25, 0.3) is 5.91 Å². The Morgan fingerprint density at radius 3 is 2.35 bits per heavy atom. The van der Waals surface area contributed by atoms with E-state index in [2.05, 4.69) is 5.32 Å². The average Bonchev–Trinajstić information content (AvgIpc) is 2.60. The van der Waals surface area contributed by atoms with Gasteiger partial charge < -0.3 is 14.8 Å². The summed E-state index contributed by atoms with van der Waals surface area (Å²) < 4.78 is 10.8. The summed E-state index contributed by atoms with van der Waals surface area (Å²) in [6.45, 7) is 7.91. The Hall–Kier alpha value is -2.66. The molecule has 0 radical (unpaired) electrons. The number of aryl methyl sites for hydroxylation is 1. The highest BCUT2D eigenvalue weighted by Gasteiger charge is 2.19. The van der Waals surface area contributed by atoms with Crippen LogP contribution in [0.25, 0.3) is 0 Å². The quantitative estimate of drug-likeness (QED) is 0.759. The number of carbonyl (C=O) groups is 2. The molecule has 0 fully saturated rings. The minimum atomic E-state index is -0.896. The van der Waals surface area contributed by atoms with Crippen LogP contribution in [0.2, 0.25) is 0 Å². The number of hydrogen-bond acceptors (Lipinski definition) is 4. The van der Waals surface area contributed by atoms with Gasteiger partial charge in [-0.1, -0.05) is 24.3 Å². The highest BCUT2D eigenvalue weighted by atomic mass is 16.5. The zero-order chi connectivity index (χ0) is 19.1. The number of benzene rings is 2. The summed E-state index contributed by atoms with van der Waals surface area (Å²) in [6.07, 6.45) is -0.751. The highest BCUT2D eigenvalue weighted by molar-refractivity contribution is 5.97. The Bertz CT molecular complexity index is 753. The Morgan fingerprint density at radius 2 is 1.73 bits per heavy atom. The van der Waals surface area contributed by atoms with Gasteiger partial charge in [-0.05, 0) is 63.1 Å². The van der Waals surface area contributed by atoms with Gasteiger partial charge in [0.05, 0.1) is 18.3 Å². The summed E-state index contributed by atoms with van der Waals surface area (Å²) in [6, 6.07) is 14.4. The molecule has 5 heteroatoms. The van der Waals surface area contributed by atoms with E-state index >= 15 is 0 Å². The number of ether oxygens (including phenoxy) is 2. The van der Waals surface area contributed by atoms with Crippen LogP contribution < -0.4 is 5.32 Å². The molecule has 26 heavy (non-hydrogen) atoms. The number of carbonyl (C=O) groups excluding carboxylic acids is 2. The summed E-state index contributed by atoms with van der Waals surface area (Å²) in [5.74, 6) is -0.904. The molecule has 0 unspecified atom stereocenters. The SMILES string of the molecule is Cc1cccc(NC(=O)[C@@H](C)OC(=O)c2ccc(COC(C)C)cc2)c1. The van der Waals surface area contributed by atoms with E-state index in [1.54, 1.807) is 25.1 Å². The molecular formula is C21H25NO4. The van der Waals surface area contributed by atoms with Crippen molar-refractivity contribution < 1.29 is 19.1 Å². The van der Waals surface area contributed by atoms with E-state index in [1.807, 2.05) is 51.1 Å². The molecule has 0 heterocycles. The predicted molar refractivity (Wildman–Crippen MR) is 101 cm³/mol. The van der Waals surface area contributed by atoms with Crippen LogP contribution in [0.4, 0.5) is 5.69 Å². The number of hydrogen-bond donors (Lipinski definition) is 1. The van der Waals surface area contributed by atoms with E-state index in [-0.39, 0.29) is 12.0 Å². The van der Waals surface area contributed by atoms with Gasteiger partial charge in [-0.25, -0.2) is 4.79 Å². The highest BCUT2D eigenvalue weighted by Crippen LogP contribution is 2.12. The number of esters is 1. The molecule has 0 saturated carbocycles. The molecule has 0 saturated heterocycles. The van der Waals surface area contributed by atoms with Crippen LogP contribution in [0.1, 0.15) is 42.3 Å². The van der Waals surface area contributed by atoms with Crippen LogP contribution in [-0.2, 0) is 20.9 Å². The third kappa shape index (κ3) is 6.01. The van der Waals surface area contributed by atoms with E-state index in [0.29, 0.717) is 17.9 Å². The molecular weight excluding hydrogens is 330 g/mol. The van der Waals surface area contributed by atoms with E-state index < -0.39 is 12.1 Å². The summed E-state index contributed by atoms with van der Waals surface area (Å²) in [7, 11) is 0. The lowest BCUT2D eigenvalue weighted by Gasteiger charge is -2.14. The molecule has 0 bridgehead atoms. The number of nitrogens with one attached hydrogen (secondary N) is 1. The van der Waals surface area contributed by atoms with Crippen molar-refractivity contribution in [2.75, 3.05) is 5.32 Å². The van der Waals surface area contributed by atoms with Crippen LogP contribution in [0.15, 0.2) is 48.5 Å². The minimum absolute atomic E-state index is 0.146. The topological polar surface area (TPSA) is 64.6 Å². The molecule has 2 aromatic rings. The van der Waals surface area contributed by atoms with Crippen molar-refractivity contribution in [2.45, 2.75) is 46.5 Å². The van der Waals surface area contributed by atoms with Crippen molar-refractivity contribution in [1.29, 1.82) is 0 Å². The Morgan fingerprint density at radius 1 is 1.04 bits per heavy atom. The van der Waals surface area contributed by atoms with Gasteiger partial charge in [-0.2, -0.15) is 0 Å². The van der Waals surface area contributed by atoms with Crippen LogP contribution >= 0.6 is 0 Å². The van der Waals surface area contributed by atoms with Gasteiger partial charge in [-0.3, -0.25) is 4.79 Å². The lowest BCUT2D eigenvalue weighted by molar-refractivity contribution is -0.123. The van der Waals surface area contributed by atoms with Crippen LogP contribution in [-0.4, -0.2) is 24.1 Å². The number of anilines is 1.